The molecular weight excluding hydrogens is 428 g/mol. The summed E-state index contributed by atoms with van der Waals surface area (Å²) in [4.78, 5) is 29.0. The lowest BCUT2D eigenvalue weighted by atomic mass is 9.95. The maximum Gasteiger partial charge on any atom is 0.293 e. The van der Waals surface area contributed by atoms with Gasteiger partial charge in [0, 0.05) is 48.7 Å². The fourth-order valence-electron chi connectivity index (χ4n) is 5.12. The molecule has 2 fully saturated rings. The van der Waals surface area contributed by atoms with Crippen LogP contribution in [0, 0.1) is 0 Å². The number of hydrogen-bond donors (Lipinski definition) is 0. The highest BCUT2D eigenvalue weighted by Crippen LogP contribution is 2.31. The number of fused-ring (bicyclic) bond motifs is 2. The van der Waals surface area contributed by atoms with E-state index in [0.717, 1.165) is 55.7 Å². The van der Waals surface area contributed by atoms with Gasteiger partial charge in [0.2, 0.25) is 0 Å². The van der Waals surface area contributed by atoms with Crippen LogP contribution in [0.1, 0.15) is 47.2 Å². The maximum atomic E-state index is 13.8. The minimum absolute atomic E-state index is 0.154. The molecule has 172 valence electrons. The Kier molecular flexibility index (Phi) is 5.87. The first kappa shape index (κ1) is 22.0. The molecule has 0 radical (unpaired) electrons. The van der Waals surface area contributed by atoms with E-state index in [4.69, 9.17) is 4.74 Å². The summed E-state index contributed by atoms with van der Waals surface area (Å²) in [5, 5.41) is 2.53. The number of ketones is 1. The molecule has 3 aliphatic rings. The molecule has 0 N–H and O–H groups in total. The van der Waals surface area contributed by atoms with Crippen LogP contribution in [0.3, 0.4) is 0 Å². The van der Waals surface area contributed by atoms with Gasteiger partial charge in [-0.25, -0.2) is 0 Å². The van der Waals surface area contributed by atoms with Crippen molar-refractivity contribution < 1.29 is 14.3 Å². The lowest BCUT2D eigenvalue weighted by molar-refractivity contribution is -0.128. The Bertz CT molecular complexity index is 1120. The Labute approximate surface area is 197 Å². The Balaban J connectivity index is 1.56. The molecule has 0 aromatic heterocycles. The molecule has 2 aromatic rings. The van der Waals surface area contributed by atoms with Gasteiger partial charge in [0.1, 0.15) is 8.07 Å². The number of allylic oxidation sites excluding steroid dienone is 1. The predicted octanol–water partition coefficient (Wildman–Crippen LogP) is 3.44. The number of carbonyl (C=O) groups is 2. The quantitative estimate of drug-likeness (QED) is 0.343. The van der Waals surface area contributed by atoms with Crippen LogP contribution >= 0.6 is 0 Å². The Morgan fingerprint density at radius 2 is 1.67 bits per heavy atom. The molecule has 3 heterocycles. The van der Waals surface area contributed by atoms with Crippen LogP contribution in [-0.2, 0) is 9.53 Å². The zero-order valence-corrected chi connectivity index (χ0v) is 20.6. The van der Waals surface area contributed by atoms with Crippen molar-refractivity contribution >= 4 is 48.2 Å². The lowest BCUT2D eigenvalue weighted by Crippen LogP contribution is -2.60. The molecule has 33 heavy (non-hydrogen) atoms. The molecular formula is C27H32N2O3Si. The van der Waals surface area contributed by atoms with Gasteiger partial charge in [-0.1, -0.05) is 25.2 Å². The van der Waals surface area contributed by atoms with Crippen molar-refractivity contribution in [3.63, 3.8) is 0 Å². The number of benzene rings is 2. The number of anilines is 2. The zero-order chi connectivity index (χ0) is 23.0. The first-order chi connectivity index (χ1) is 16.0. The van der Waals surface area contributed by atoms with E-state index < -0.39 is 8.07 Å². The van der Waals surface area contributed by atoms with Crippen molar-refractivity contribution in [1.29, 1.82) is 0 Å². The van der Waals surface area contributed by atoms with Gasteiger partial charge in [0.05, 0.1) is 6.61 Å². The van der Waals surface area contributed by atoms with Gasteiger partial charge in [-0.3, -0.25) is 9.59 Å². The van der Waals surface area contributed by atoms with E-state index in [1.54, 1.807) is 0 Å². The van der Waals surface area contributed by atoms with E-state index >= 15 is 0 Å². The van der Waals surface area contributed by atoms with Gasteiger partial charge < -0.3 is 14.5 Å². The number of hydrogen-bond acceptors (Lipinski definition) is 5. The second-order valence-corrected chi connectivity index (χ2v) is 14.2. The van der Waals surface area contributed by atoms with Crippen LogP contribution in [-0.4, -0.2) is 53.1 Å². The van der Waals surface area contributed by atoms with Crippen molar-refractivity contribution in [3.8, 4) is 0 Å². The minimum atomic E-state index is -2.07. The number of unbranched alkanes of at least 4 members (excludes halogenated alkanes) is 1. The van der Waals surface area contributed by atoms with Gasteiger partial charge >= 0.3 is 0 Å². The normalized spacial score (nSPS) is 18.4. The summed E-state index contributed by atoms with van der Waals surface area (Å²) in [7, 11) is -2.07. The third-order valence-corrected chi connectivity index (χ3v) is 10.9. The molecule has 3 aliphatic heterocycles. The molecule has 0 saturated carbocycles. The Morgan fingerprint density at radius 3 is 2.33 bits per heavy atom. The summed E-state index contributed by atoms with van der Waals surface area (Å²) < 4.78 is 4.80. The van der Waals surface area contributed by atoms with Crippen molar-refractivity contribution in [2.45, 2.75) is 38.8 Å². The fourth-order valence-corrected chi connectivity index (χ4v) is 8.19. The van der Waals surface area contributed by atoms with Crippen LogP contribution in [0.2, 0.25) is 13.1 Å². The largest absolute Gasteiger partial charge is 0.468 e. The summed E-state index contributed by atoms with van der Waals surface area (Å²) in [6.07, 6.45) is 8.26. The minimum Gasteiger partial charge on any atom is -0.468 e. The van der Waals surface area contributed by atoms with Crippen molar-refractivity contribution in [3.05, 3.63) is 53.1 Å². The Morgan fingerprint density at radius 1 is 0.970 bits per heavy atom. The van der Waals surface area contributed by atoms with Gasteiger partial charge in [-0.15, -0.1) is 0 Å². The number of nitrogens with zero attached hydrogens (tertiary/aromatic N) is 2. The first-order valence-electron chi connectivity index (χ1n) is 12.1. The second kappa shape index (κ2) is 8.82. The average molecular weight is 461 g/mol. The second-order valence-electron chi connectivity index (χ2n) is 9.83. The van der Waals surface area contributed by atoms with E-state index in [1.807, 2.05) is 0 Å². The van der Waals surface area contributed by atoms with Gasteiger partial charge in [0.15, 0.2) is 5.78 Å². The summed E-state index contributed by atoms with van der Waals surface area (Å²) in [6.45, 7) is 10.1. The van der Waals surface area contributed by atoms with Gasteiger partial charge in [-0.2, -0.15) is 0 Å². The van der Waals surface area contributed by atoms with Crippen LogP contribution < -0.4 is 20.2 Å². The van der Waals surface area contributed by atoms with E-state index in [2.05, 4.69) is 65.4 Å². The molecule has 0 atom stereocenters. The first-order valence-corrected chi connectivity index (χ1v) is 15.1. The monoisotopic (exact) mass is 460 g/mol. The topological polar surface area (TPSA) is 49.9 Å². The molecule has 2 saturated heterocycles. The molecule has 5 nitrogen and oxygen atoms in total. The third-order valence-electron chi connectivity index (χ3n) is 7.42. The average Bonchev–Trinajstić information content (AvgIpc) is 2.72. The molecule has 6 heteroatoms. The maximum absolute atomic E-state index is 13.8. The molecule has 0 aliphatic carbocycles. The van der Waals surface area contributed by atoms with Crippen molar-refractivity contribution in [2.24, 2.45) is 0 Å². The molecule has 5 rings (SSSR count). The smallest absolute Gasteiger partial charge is 0.293 e. The lowest BCUT2D eigenvalue weighted by Gasteiger charge is -2.39. The standard InChI is InChI=1S/C27H32N2O3Si/c1-33(2)24-17-21(28-11-6-12-28)9-10-23(24)27(31)26-20(8-4-3-5-15-32-19-30)16-22(18-25(26)33)29-13-7-14-29/h4,8-10,16-19H,3,5-7,11-15H2,1-2H3/b8-4+. The highest BCUT2D eigenvalue weighted by molar-refractivity contribution is 7.02. The van der Waals surface area contributed by atoms with E-state index in [0.29, 0.717) is 13.1 Å². The van der Waals surface area contributed by atoms with Crippen LogP contribution in [0.15, 0.2) is 36.4 Å². The van der Waals surface area contributed by atoms with Crippen LogP contribution in [0.25, 0.3) is 6.08 Å². The molecule has 0 spiro atoms. The van der Waals surface area contributed by atoms with E-state index in [-0.39, 0.29) is 5.78 Å². The van der Waals surface area contributed by atoms with E-state index in [1.165, 1.54) is 34.6 Å². The van der Waals surface area contributed by atoms with Crippen LogP contribution in [0.5, 0.6) is 0 Å². The summed E-state index contributed by atoms with van der Waals surface area (Å²) in [5.41, 5.74) is 5.29. The zero-order valence-electron chi connectivity index (χ0n) is 19.6. The fraction of sp³-hybridized carbons (Fsp3) is 0.407. The number of rotatable bonds is 8. The Hall–Kier alpha value is -2.86. The summed E-state index contributed by atoms with van der Waals surface area (Å²) in [6, 6.07) is 11.0. The summed E-state index contributed by atoms with van der Waals surface area (Å²) >= 11 is 0. The highest BCUT2D eigenvalue weighted by Gasteiger charge is 2.40. The van der Waals surface area contributed by atoms with Gasteiger partial charge in [0.25, 0.3) is 6.47 Å². The van der Waals surface area contributed by atoms with Crippen molar-refractivity contribution in [1.82, 2.24) is 0 Å². The molecule has 0 amide bonds. The predicted molar refractivity (Wildman–Crippen MR) is 137 cm³/mol. The van der Waals surface area contributed by atoms with E-state index in [9.17, 15) is 9.59 Å². The highest BCUT2D eigenvalue weighted by atomic mass is 28.3. The summed E-state index contributed by atoms with van der Waals surface area (Å²) in [5.74, 6) is 0.154. The molecule has 2 aromatic carbocycles. The van der Waals surface area contributed by atoms with Crippen molar-refractivity contribution in [2.75, 3.05) is 42.6 Å². The number of ether oxygens (including phenoxy) is 1. The van der Waals surface area contributed by atoms with Crippen LogP contribution in [0.4, 0.5) is 11.4 Å². The molecule has 0 bridgehead atoms. The third kappa shape index (κ3) is 3.90. The molecule has 0 unspecified atom stereocenters. The SMILES string of the molecule is C[Si]1(C)c2cc(N3CCC3)ccc2C(=O)c2c(/C=C/CCCOC=O)cc(N3CCC3)cc21. The van der Waals surface area contributed by atoms with Gasteiger partial charge in [-0.05, 0) is 72.0 Å². The number of carbonyl (C=O) groups excluding carboxylic acids is 2.